The number of hydrogen-bond acceptors (Lipinski definition) is 4. The third-order valence-electron chi connectivity index (χ3n) is 3.00. The quantitative estimate of drug-likeness (QED) is 0.795. The molecule has 0 fully saturated rings. The van der Waals surface area contributed by atoms with Crippen LogP contribution in [0.4, 0.5) is 0 Å². The van der Waals surface area contributed by atoms with Gasteiger partial charge in [0.05, 0.1) is 15.8 Å². The van der Waals surface area contributed by atoms with Crippen molar-refractivity contribution in [3.8, 4) is 11.5 Å². The number of ether oxygens (including phenoxy) is 1. The maximum atomic E-state index is 11.3. The van der Waals surface area contributed by atoms with Gasteiger partial charge in [-0.05, 0) is 23.8 Å². The first-order chi connectivity index (χ1) is 10.2. The van der Waals surface area contributed by atoms with Crippen LogP contribution in [0.1, 0.15) is 15.2 Å². The summed E-state index contributed by atoms with van der Waals surface area (Å²) in [5, 5.41) is 0.830. The second-order valence-electron chi connectivity index (χ2n) is 4.40. The average Bonchev–Trinajstić information content (AvgIpc) is 2.93. The smallest absolute Gasteiger partial charge is 0.258 e. The summed E-state index contributed by atoms with van der Waals surface area (Å²) in [7, 11) is 0. The van der Waals surface area contributed by atoms with E-state index < -0.39 is 5.91 Å². The van der Waals surface area contributed by atoms with E-state index in [1.165, 1.54) is 11.3 Å². The molecule has 0 saturated carbocycles. The summed E-state index contributed by atoms with van der Waals surface area (Å²) in [4.78, 5) is 15.9. The van der Waals surface area contributed by atoms with Gasteiger partial charge in [-0.2, -0.15) is 0 Å². The summed E-state index contributed by atoms with van der Waals surface area (Å²) in [6.07, 6.45) is 5.09. The van der Waals surface area contributed by atoms with Crippen LogP contribution in [-0.2, 0) is 0 Å². The van der Waals surface area contributed by atoms with E-state index in [4.69, 9.17) is 10.5 Å². The number of fused-ring (bicyclic) bond motifs is 1. The SMILES string of the molecule is C=Cc1ccc(Oc2cncc3sc(C(N)=O)cc23)cc1. The molecule has 0 aliphatic heterocycles. The van der Waals surface area contributed by atoms with Gasteiger partial charge in [0.15, 0.2) is 5.75 Å². The number of benzene rings is 1. The molecule has 104 valence electrons. The number of nitrogens with zero attached hydrogens (tertiary/aromatic N) is 1. The van der Waals surface area contributed by atoms with E-state index in [9.17, 15) is 4.79 Å². The van der Waals surface area contributed by atoms with E-state index in [0.29, 0.717) is 16.4 Å². The Morgan fingerprint density at radius 3 is 2.71 bits per heavy atom. The predicted octanol–water partition coefficient (Wildman–Crippen LogP) is 3.83. The highest BCUT2D eigenvalue weighted by molar-refractivity contribution is 7.20. The van der Waals surface area contributed by atoms with Crippen LogP contribution < -0.4 is 10.5 Å². The number of rotatable bonds is 4. The second kappa shape index (κ2) is 5.38. The Labute approximate surface area is 125 Å². The minimum Gasteiger partial charge on any atom is -0.455 e. The molecule has 2 N–H and O–H groups in total. The maximum Gasteiger partial charge on any atom is 0.258 e. The van der Waals surface area contributed by atoms with Crippen LogP contribution in [0.2, 0.25) is 0 Å². The Balaban J connectivity index is 1.99. The lowest BCUT2D eigenvalue weighted by Gasteiger charge is -2.06. The zero-order valence-electron chi connectivity index (χ0n) is 11.1. The molecule has 2 aromatic heterocycles. The van der Waals surface area contributed by atoms with Gasteiger partial charge in [-0.25, -0.2) is 0 Å². The summed E-state index contributed by atoms with van der Waals surface area (Å²) in [6, 6.07) is 9.28. The van der Waals surface area contributed by atoms with E-state index in [-0.39, 0.29) is 0 Å². The Morgan fingerprint density at radius 2 is 2.05 bits per heavy atom. The molecule has 0 unspecified atom stereocenters. The predicted molar refractivity (Wildman–Crippen MR) is 84.7 cm³/mol. The number of amides is 1. The minimum atomic E-state index is -0.447. The summed E-state index contributed by atoms with van der Waals surface area (Å²) < 4.78 is 6.71. The number of hydrogen-bond donors (Lipinski definition) is 1. The van der Waals surface area contributed by atoms with Crippen LogP contribution in [0.5, 0.6) is 11.5 Å². The molecule has 3 rings (SSSR count). The lowest BCUT2D eigenvalue weighted by Crippen LogP contribution is -2.08. The van der Waals surface area contributed by atoms with E-state index in [1.54, 1.807) is 24.5 Å². The Bertz CT molecular complexity index is 822. The van der Waals surface area contributed by atoms with Crippen molar-refractivity contribution < 1.29 is 9.53 Å². The Hall–Kier alpha value is -2.66. The van der Waals surface area contributed by atoms with Gasteiger partial charge in [0.1, 0.15) is 5.75 Å². The molecule has 0 aliphatic rings. The highest BCUT2D eigenvalue weighted by atomic mass is 32.1. The van der Waals surface area contributed by atoms with Crippen LogP contribution in [0.3, 0.4) is 0 Å². The van der Waals surface area contributed by atoms with Crippen molar-refractivity contribution in [3.63, 3.8) is 0 Å². The first-order valence-corrected chi connectivity index (χ1v) is 7.07. The van der Waals surface area contributed by atoms with E-state index in [1.807, 2.05) is 24.3 Å². The highest BCUT2D eigenvalue weighted by Gasteiger charge is 2.11. The van der Waals surface area contributed by atoms with Crippen molar-refractivity contribution in [2.24, 2.45) is 5.73 Å². The van der Waals surface area contributed by atoms with Gasteiger partial charge >= 0.3 is 0 Å². The lowest BCUT2D eigenvalue weighted by atomic mass is 10.2. The van der Waals surface area contributed by atoms with E-state index in [2.05, 4.69) is 11.6 Å². The fraction of sp³-hybridized carbons (Fsp3) is 0. The van der Waals surface area contributed by atoms with Gasteiger partial charge in [0, 0.05) is 11.6 Å². The van der Waals surface area contributed by atoms with Crippen LogP contribution in [0.25, 0.3) is 16.2 Å². The van der Waals surface area contributed by atoms with Crippen molar-refractivity contribution in [2.75, 3.05) is 0 Å². The zero-order chi connectivity index (χ0) is 14.8. The molecule has 0 bridgehead atoms. The standard InChI is InChI=1S/C16H12N2O2S/c1-2-10-3-5-11(6-4-10)20-13-8-18-9-15-12(13)7-14(21-15)16(17)19/h2-9H,1H2,(H2,17,19). The summed E-state index contributed by atoms with van der Waals surface area (Å²) in [5.74, 6) is 0.849. The van der Waals surface area contributed by atoms with E-state index >= 15 is 0 Å². The zero-order valence-corrected chi connectivity index (χ0v) is 11.9. The fourth-order valence-corrected chi connectivity index (χ4v) is 2.83. The van der Waals surface area contributed by atoms with Gasteiger partial charge in [0.25, 0.3) is 5.91 Å². The van der Waals surface area contributed by atoms with Crippen molar-refractivity contribution >= 4 is 33.4 Å². The van der Waals surface area contributed by atoms with Crippen LogP contribution in [0.15, 0.2) is 49.3 Å². The molecule has 3 aromatic rings. The summed E-state index contributed by atoms with van der Waals surface area (Å²) >= 11 is 1.31. The molecule has 2 heterocycles. The summed E-state index contributed by atoms with van der Waals surface area (Å²) in [5.41, 5.74) is 6.33. The van der Waals surface area contributed by atoms with Gasteiger partial charge in [-0.1, -0.05) is 24.8 Å². The van der Waals surface area contributed by atoms with Crippen LogP contribution >= 0.6 is 11.3 Å². The Morgan fingerprint density at radius 1 is 1.29 bits per heavy atom. The Kier molecular flexibility index (Phi) is 3.41. The van der Waals surface area contributed by atoms with Crippen molar-refractivity contribution in [1.82, 2.24) is 4.98 Å². The molecule has 0 saturated heterocycles. The highest BCUT2D eigenvalue weighted by Crippen LogP contribution is 2.34. The largest absolute Gasteiger partial charge is 0.455 e. The third-order valence-corrected chi connectivity index (χ3v) is 4.08. The number of carbonyl (C=O) groups is 1. The molecular formula is C16H12N2O2S. The number of pyridine rings is 1. The van der Waals surface area contributed by atoms with E-state index in [0.717, 1.165) is 15.6 Å². The van der Waals surface area contributed by atoms with Gasteiger partial charge in [0.2, 0.25) is 0 Å². The number of nitrogens with two attached hydrogens (primary N) is 1. The molecule has 1 aromatic carbocycles. The monoisotopic (exact) mass is 296 g/mol. The summed E-state index contributed by atoms with van der Waals surface area (Å²) in [6.45, 7) is 3.71. The van der Waals surface area contributed by atoms with Crippen LogP contribution in [-0.4, -0.2) is 10.9 Å². The van der Waals surface area contributed by atoms with Crippen molar-refractivity contribution in [2.45, 2.75) is 0 Å². The topological polar surface area (TPSA) is 65.2 Å². The third kappa shape index (κ3) is 2.64. The number of primary amides is 1. The molecule has 21 heavy (non-hydrogen) atoms. The maximum absolute atomic E-state index is 11.3. The van der Waals surface area contributed by atoms with Crippen molar-refractivity contribution in [1.29, 1.82) is 0 Å². The average molecular weight is 296 g/mol. The molecular weight excluding hydrogens is 284 g/mol. The van der Waals surface area contributed by atoms with Gasteiger partial charge in [-0.15, -0.1) is 11.3 Å². The van der Waals surface area contributed by atoms with Gasteiger partial charge in [-0.3, -0.25) is 9.78 Å². The number of carbonyl (C=O) groups excluding carboxylic acids is 1. The molecule has 1 amide bonds. The van der Waals surface area contributed by atoms with Crippen LogP contribution in [0, 0.1) is 0 Å². The van der Waals surface area contributed by atoms with Gasteiger partial charge < -0.3 is 10.5 Å². The molecule has 0 radical (unpaired) electrons. The first kappa shape index (κ1) is 13.3. The number of thiophene rings is 1. The second-order valence-corrected chi connectivity index (χ2v) is 5.48. The number of aromatic nitrogens is 1. The fourth-order valence-electron chi connectivity index (χ4n) is 1.94. The molecule has 0 spiro atoms. The first-order valence-electron chi connectivity index (χ1n) is 6.25. The molecule has 0 aliphatic carbocycles. The normalized spacial score (nSPS) is 10.5. The molecule has 4 nitrogen and oxygen atoms in total. The lowest BCUT2D eigenvalue weighted by molar-refractivity contribution is 0.100. The minimum absolute atomic E-state index is 0.447. The molecule has 5 heteroatoms. The van der Waals surface area contributed by atoms with Crippen molar-refractivity contribution in [3.05, 3.63) is 59.7 Å². The molecule has 0 atom stereocenters.